The average Bonchev–Trinajstić information content (AvgIpc) is 1.93. The van der Waals surface area contributed by atoms with E-state index < -0.39 is 11.4 Å². The molecule has 4 nitrogen and oxygen atoms in total. The molecule has 0 radical (unpaired) electrons. The first-order chi connectivity index (χ1) is 5.18. The zero-order chi connectivity index (χ0) is 8.27. The summed E-state index contributed by atoms with van der Waals surface area (Å²) in [5.74, 6) is 0.288. The minimum Gasteiger partial charge on any atom is -0.378 e. The van der Waals surface area contributed by atoms with E-state index in [1.165, 1.54) is 6.20 Å². The molecule has 1 aromatic heterocycles. The van der Waals surface area contributed by atoms with E-state index in [0.29, 0.717) is 0 Å². The van der Waals surface area contributed by atoms with Crippen LogP contribution in [0.4, 0.5) is 0 Å². The molecule has 0 amide bonds. The number of hydrogen-bond donors (Lipinski definition) is 1. The van der Waals surface area contributed by atoms with E-state index in [9.17, 15) is 4.21 Å². The van der Waals surface area contributed by atoms with Gasteiger partial charge in [-0.3, -0.25) is 9.54 Å². The Morgan fingerprint density at radius 3 is 2.82 bits per heavy atom. The third-order valence-corrected chi connectivity index (χ3v) is 1.39. The van der Waals surface area contributed by atoms with Gasteiger partial charge in [0, 0.05) is 5.69 Å². The molecule has 1 aromatic rings. The minimum atomic E-state index is -2.26. The highest BCUT2D eigenvalue weighted by molar-refractivity contribution is 7.74. The van der Waals surface area contributed by atoms with Crippen LogP contribution in [0, 0.1) is 6.92 Å². The smallest absolute Gasteiger partial charge is 0.357 e. The highest BCUT2D eigenvalue weighted by atomic mass is 32.2. The maximum Gasteiger partial charge on any atom is 0.357 e. The topological polar surface area (TPSA) is 59.4 Å². The van der Waals surface area contributed by atoms with E-state index in [4.69, 9.17) is 4.55 Å². The van der Waals surface area contributed by atoms with Crippen LogP contribution in [-0.2, 0) is 11.4 Å². The Balaban J connectivity index is 2.74. The lowest BCUT2D eigenvalue weighted by Crippen LogP contribution is -1.97. The lowest BCUT2D eigenvalue weighted by Gasteiger charge is -1.97. The zero-order valence-electron chi connectivity index (χ0n) is 5.85. The molecular formula is C6H7NO3S. The van der Waals surface area contributed by atoms with Gasteiger partial charge in [-0.15, -0.1) is 0 Å². The predicted octanol–water partition coefficient (Wildman–Crippen LogP) is 0.906. The number of rotatable bonds is 2. The second-order valence-corrected chi connectivity index (χ2v) is 2.54. The molecule has 0 aliphatic carbocycles. The average molecular weight is 173 g/mol. The quantitative estimate of drug-likeness (QED) is 0.675. The lowest BCUT2D eigenvalue weighted by atomic mass is 10.4. The van der Waals surface area contributed by atoms with Gasteiger partial charge in [-0.05, 0) is 19.1 Å². The molecule has 60 valence electrons. The van der Waals surface area contributed by atoms with Gasteiger partial charge in [0.05, 0.1) is 6.20 Å². The van der Waals surface area contributed by atoms with Gasteiger partial charge >= 0.3 is 11.4 Å². The molecule has 1 N–H and O–H groups in total. The van der Waals surface area contributed by atoms with Crippen molar-refractivity contribution in [1.82, 2.24) is 4.98 Å². The molecule has 0 bridgehead atoms. The highest BCUT2D eigenvalue weighted by Gasteiger charge is 1.96. The van der Waals surface area contributed by atoms with Gasteiger partial charge in [-0.25, -0.2) is 0 Å². The Morgan fingerprint density at radius 1 is 1.64 bits per heavy atom. The summed E-state index contributed by atoms with van der Waals surface area (Å²) in [6, 6.07) is 3.28. The molecule has 1 heterocycles. The van der Waals surface area contributed by atoms with E-state index in [0.717, 1.165) is 5.69 Å². The third kappa shape index (κ3) is 2.65. The van der Waals surface area contributed by atoms with Gasteiger partial charge in [-0.1, -0.05) is 0 Å². The van der Waals surface area contributed by atoms with Crippen LogP contribution >= 0.6 is 0 Å². The molecule has 0 spiro atoms. The van der Waals surface area contributed by atoms with Gasteiger partial charge in [0.15, 0.2) is 5.75 Å². The van der Waals surface area contributed by atoms with Crippen LogP contribution in [0.25, 0.3) is 0 Å². The number of nitrogens with zero attached hydrogens (tertiary/aromatic N) is 1. The maximum absolute atomic E-state index is 10.1. The first-order valence-corrected chi connectivity index (χ1v) is 3.93. The van der Waals surface area contributed by atoms with E-state index in [1.807, 2.05) is 6.92 Å². The van der Waals surface area contributed by atoms with Crippen molar-refractivity contribution in [1.29, 1.82) is 0 Å². The van der Waals surface area contributed by atoms with Crippen molar-refractivity contribution in [3.63, 3.8) is 0 Å². The Labute approximate surface area is 66.7 Å². The van der Waals surface area contributed by atoms with Crippen LogP contribution in [-0.4, -0.2) is 13.7 Å². The van der Waals surface area contributed by atoms with Crippen molar-refractivity contribution < 1.29 is 12.9 Å². The van der Waals surface area contributed by atoms with Crippen molar-refractivity contribution in [3.05, 3.63) is 24.0 Å². The van der Waals surface area contributed by atoms with E-state index in [2.05, 4.69) is 9.17 Å². The van der Waals surface area contributed by atoms with Crippen molar-refractivity contribution in [2.75, 3.05) is 0 Å². The summed E-state index contributed by atoms with van der Waals surface area (Å²) in [4.78, 5) is 3.86. The van der Waals surface area contributed by atoms with Crippen LogP contribution in [0.5, 0.6) is 5.75 Å². The molecule has 1 atom stereocenters. The monoisotopic (exact) mass is 173 g/mol. The van der Waals surface area contributed by atoms with Gasteiger partial charge in [0.1, 0.15) is 0 Å². The van der Waals surface area contributed by atoms with Crippen LogP contribution in [0.3, 0.4) is 0 Å². The standard InChI is InChI=1S/C6H7NO3S/c1-5-2-3-6(4-7-5)10-11(8)9/h2-4H,1H3,(H,8,9). The Morgan fingerprint density at radius 2 is 2.36 bits per heavy atom. The van der Waals surface area contributed by atoms with Gasteiger partial charge < -0.3 is 4.18 Å². The van der Waals surface area contributed by atoms with Crippen molar-refractivity contribution in [2.24, 2.45) is 0 Å². The zero-order valence-corrected chi connectivity index (χ0v) is 6.67. The molecule has 0 aliphatic rings. The minimum absolute atomic E-state index is 0.288. The number of pyridine rings is 1. The van der Waals surface area contributed by atoms with Gasteiger partial charge in [0.2, 0.25) is 0 Å². The second kappa shape index (κ2) is 3.45. The second-order valence-electron chi connectivity index (χ2n) is 1.94. The fraction of sp³-hybridized carbons (Fsp3) is 0.167. The number of aryl methyl sites for hydroxylation is 1. The number of aromatic nitrogens is 1. The lowest BCUT2D eigenvalue weighted by molar-refractivity contribution is 0.457. The SMILES string of the molecule is Cc1ccc(OS(=O)O)cn1. The highest BCUT2D eigenvalue weighted by Crippen LogP contribution is 2.08. The van der Waals surface area contributed by atoms with Crippen LogP contribution < -0.4 is 4.18 Å². The van der Waals surface area contributed by atoms with Crippen LogP contribution in [0.1, 0.15) is 5.69 Å². The molecule has 1 rings (SSSR count). The number of hydrogen-bond acceptors (Lipinski definition) is 3. The van der Waals surface area contributed by atoms with Gasteiger partial charge in [-0.2, -0.15) is 4.21 Å². The summed E-state index contributed by atoms with van der Waals surface area (Å²) in [7, 11) is 0. The van der Waals surface area contributed by atoms with Crippen molar-refractivity contribution >= 4 is 11.4 Å². The molecule has 0 saturated carbocycles. The summed E-state index contributed by atoms with van der Waals surface area (Å²) in [5, 5.41) is 0. The molecule has 11 heavy (non-hydrogen) atoms. The summed E-state index contributed by atoms with van der Waals surface area (Å²) in [6.45, 7) is 1.82. The van der Waals surface area contributed by atoms with E-state index >= 15 is 0 Å². The van der Waals surface area contributed by atoms with E-state index in [1.54, 1.807) is 12.1 Å². The summed E-state index contributed by atoms with van der Waals surface area (Å²) < 4.78 is 22.8. The van der Waals surface area contributed by atoms with Crippen LogP contribution in [0.2, 0.25) is 0 Å². The molecule has 0 saturated heterocycles. The maximum atomic E-state index is 10.1. The van der Waals surface area contributed by atoms with Gasteiger partial charge in [0.25, 0.3) is 0 Å². The van der Waals surface area contributed by atoms with E-state index in [-0.39, 0.29) is 5.75 Å². The Bertz CT molecular complexity index is 259. The van der Waals surface area contributed by atoms with Crippen LogP contribution in [0.15, 0.2) is 18.3 Å². The molecule has 1 unspecified atom stereocenters. The molecule has 5 heteroatoms. The summed E-state index contributed by atoms with van der Waals surface area (Å²) in [5.41, 5.74) is 0.834. The summed E-state index contributed by atoms with van der Waals surface area (Å²) in [6.07, 6.45) is 1.39. The molecule has 0 aliphatic heterocycles. The Kier molecular flexibility index (Phi) is 2.56. The van der Waals surface area contributed by atoms with Crippen molar-refractivity contribution in [3.8, 4) is 5.75 Å². The largest absolute Gasteiger partial charge is 0.378 e. The molecule has 0 aromatic carbocycles. The summed E-state index contributed by atoms with van der Waals surface area (Å²) >= 11 is -2.26. The third-order valence-electron chi connectivity index (χ3n) is 1.05. The first-order valence-electron chi connectivity index (χ1n) is 2.90. The predicted molar refractivity (Wildman–Crippen MR) is 40.4 cm³/mol. The molecule has 0 fully saturated rings. The normalized spacial score (nSPS) is 12.5. The Hall–Kier alpha value is -0.940. The first kappa shape index (κ1) is 8.16. The van der Waals surface area contributed by atoms with Crippen molar-refractivity contribution in [2.45, 2.75) is 6.92 Å². The fourth-order valence-corrected chi connectivity index (χ4v) is 0.849. The fourth-order valence-electron chi connectivity index (χ4n) is 0.586. The molecular weight excluding hydrogens is 166 g/mol.